The summed E-state index contributed by atoms with van der Waals surface area (Å²) in [4.78, 5) is 17.5. The molecular formula is C23H20N2O4. The van der Waals surface area contributed by atoms with Crippen molar-refractivity contribution in [3.05, 3.63) is 77.9 Å². The number of amides is 1. The van der Waals surface area contributed by atoms with Crippen molar-refractivity contribution in [3.8, 4) is 17.2 Å². The molecule has 0 bridgehead atoms. The van der Waals surface area contributed by atoms with Crippen LogP contribution in [-0.4, -0.2) is 26.9 Å². The van der Waals surface area contributed by atoms with Gasteiger partial charge in [-0.2, -0.15) is 0 Å². The number of para-hydroxylation sites is 2. The third-order valence-electron chi connectivity index (χ3n) is 5.41. The number of hydrogen-bond donors (Lipinski definition) is 0. The topological polar surface area (TPSA) is 51.2 Å². The van der Waals surface area contributed by atoms with Crippen LogP contribution in [0.2, 0.25) is 0 Å². The predicted octanol–water partition coefficient (Wildman–Crippen LogP) is 4.22. The predicted molar refractivity (Wildman–Crippen MR) is 110 cm³/mol. The van der Waals surface area contributed by atoms with Gasteiger partial charge >= 0.3 is 0 Å². The summed E-state index contributed by atoms with van der Waals surface area (Å²) in [7, 11) is 3.24. The Kier molecular flexibility index (Phi) is 4.05. The lowest BCUT2D eigenvalue weighted by atomic mass is 9.98. The first kappa shape index (κ1) is 17.4. The molecule has 0 N–H and O–H groups in total. The molecule has 0 aromatic heterocycles. The zero-order valence-corrected chi connectivity index (χ0v) is 16.2. The maximum Gasteiger partial charge on any atom is 0.262 e. The van der Waals surface area contributed by atoms with Crippen molar-refractivity contribution in [2.75, 3.05) is 30.8 Å². The summed E-state index contributed by atoms with van der Waals surface area (Å²) < 4.78 is 16.8. The van der Waals surface area contributed by atoms with Gasteiger partial charge in [-0.3, -0.25) is 9.69 Å². The van der Waals surface area contributed by atoms with Crippen LogP contribution >= 0.6 is 0 Å². The summed E-state index contributed by atoms with van der Waals surface area (Å²) in [5.74, 6) is 2.01. The molecule has 0 spiro atoms. The van der Waals surface area contributed by atoms with Gasteiger partial charge in [0.15, 0.2) is 18.2 Å². The molecule has 1 unspecified atom stereocenters. The molecule has 5 rings (SSSR count). The average Bonchev–Trinajstić information content (AvgIpc) is 2.79. The van der Waals surface area contributed by atoms with Crippen LogP contribution in [-0.2, 0) is 0 Å². The second kappa shape index (κ2) is 6.74. The number of fused-ring (bicyclic) bond motifs is 5. The van der Waals surface area contributed by atoms with Gasteiger partial charge in [0.2, 0.25) is 0 Å². The van der Waals surface area contributed by atoms with Crippen molar-refractivity contribution < 1.29 is 19.0 Å². The van der Waals surface area contributed by atoms with Crippen molar-refractivity contribution >= 4 is 17.3 Å². The summed E-state index contributed by atoms with van der Waals surface area (Å²) in [5.41, 5.74) is 3.18. The molecule has 3 aromatic carbocycles. The highest BCUT2D eigenvalue weighted by molar-refractivity contribution is 6.12. The number of methoxy groups -OCH3 is 2. The Morgan fingerprint density at radius 2 is 1.72 bits per heavy atom. The van der Waals surface area contributed by atoms with Gasteiger partial charge in [0, 0.05) is 11.3 Å². The first-order valence-electron chi connectivity index (χ1n) is 9.36. The second-order valence-corrected chi connectivity index (χ2v) is 6.89. The van der Waals surface area contributed by atoms with Crippen molar-refractivity contribution in [1.29, 1.82) is 0 Å². The SMILES string of the molecule is COc1ccc(N2C(=O)c3ccccc3N3COc4c(OC)cccc4C32)cc1. The van der Waals surface area contributed by atoms with E-state index in [4.69, 9.17) is 14.2 Å². The van der Waals surface area contributed by atoms with E-state index in [9.17, 15) is 4.79 Å². The normalized spacial score (nSPS) is 17.0. The minimum atomic E-state index is -0.343. The first-order valence-corrected chi connectivity index (χ1v) is 9.36. The van der Waals surface area contributed by atoms with E-state index in [-0.39, 0.29) is 12.1 Å². The molecule has 1 amide bonds. The lowest BCUT2D eigenvalue weighted by molar-refractivity contribution is 0.0958. The molecule has 0 saturated carbocycles. The molecule has 1 atom stereocenters. The highest BCUT2D eigenvalue weighted by atomic mass is 16.5. The van der Waals surface area contributed by atoms with Crippen LogP contribution in [0, 0.1) is 0 Å². The van der Waals surface area contributed by atoms with E-state index in [0.29, 0.717) is 23.8 Å². The molecule has 0 fully saturated rings. The van der Waals surface area contributed by atoms with Gasteiger partial charge in [-0.15, -0.1) is 0 Å². The van der Waals surface area contributed by atoms with E-state index in [1.165, 1.54) is 0 Å². The summed E-state index contributed by atoms with van der Waals surface area (Å²) in [6.45, 7) is 0.314. The number of carbonyl (C=O) groups is 1. The molecule has 146 valence electrons. The fraction of sp³-hybridized carbons (Fsp3) is 0.174. The van der Waals surface area contributed by atoms with E-state index in [2.05, 4.69) is 4.90 Å². The van der Waals surface area contributed by atoms with Gasteiger partial charge in [0.05, 0.1) is 25.5 Å². The molecule has 2 heterocycles. The van der Waals surface area contributed by atoms with Gasteiger partial charge in [0.1, 0.15) is 11.9 Å². The molecule has 6 heteroatoms. The van der Waals surface area contributed by atoms with Crippen LogP contribution < -0.4 is 24.0 Å². The molecular weight excluding hydrogens is 368 g/mol. The number of rotatable bonds is 3. The van der Waals surface area contributed by atoms with Gasteiger partial charge in [-0.25, -0.2) is 0 Å². The van der Waals surface area contributed by atoms with Crippen LogP contribution in [0.3, 0.4) is 0 Å². The van der Waals surface area contributed by atoms with Gasteiger partial charge in [-0.05, 0) is 42.5 Å². The zero-order chi connectivity index (χ0) is 20.0. The van der Waals surface area contributed by atoms with Crippen LogP contribution in [0.5, 0.6) is 17.2 Å². The number of anilines is 2. The molecule has 29 heavy (non-hydrogen) atoms. The Hall–Kier alpha value is -3.67. The highest BCUT2D eigenvalue weighted by Crippen LogP contribution is 2.48. The number of nitrogens with zero attached hydrogens (tertiary/aromatic N) is 2. The largest absolute Gasteiger partial charge is 0.497 e. The molecule has 2 aliphatic heterocycles. The average molecular weight is 388 g/mol. The molecule has 0 radical (unpaired) electrons. The highest BCUT2D eigenvalue weighted by Gasteiger charge is 2.43. The fourth-order valence-electron chi connectivity index (χ4n) is 4.05. The Balaban J connectivity index is 1.72. The Morgan fingerprint density at radius 3 is 2.48 bits per heavy atom. The quantitative estimate of drug-likeness (QED) is 0.672. The molecule has 6 nitrogen and oxygen atoms in total. The van der Waals surface area contributed by atoms with E-state index in [1.54, 1.807) is 14.2 Å². The van der Waals surface area contributed by atoms with E-state index in [0.717, 1.165) is 22.7 Å². The smallest absolute Gasteiger partial charge is 0.262 e. The molecule has 0 aliphatic carbocycles. The Bertz CT molecular complexity index is 1080. The van der Waals surface area contributed by atoms with Gasteiger partial charge in [0.25, 0.3) is 5.91 Å². The number of hydrogen-bond acceptors (Lipinski definition) is 5. The lowest BCUT2D eigenvalue weighted by Gasteiger charge is -2.48. The van der Waals surface area contributed by atoms with E-state index < -0.39 is 0 Å². The van der Waals surface area contributed by atoms with Crippen LogP contribution in [0.4, 0.5) is 11.4 Å². The summed E-state index contributed by atoms with van der Waals surface area (Å²) in [5, 5.41) is 0. The fourth-order valence-corrected chi connectivity index (χ4v) is 4.05. The second-order valence-electron chi connectivity index (χ2n) is 6.89. The van der Waals surface area contributed by atoms with E-state index in [1.807, 2.05) is 71.6 Å². The lowest BCUT2D eigenvalue weighted by Crippen LogP contribution is -2.52. The maximum atomic E-state index is 13.6. The van der Waals surface area contributed by atoms with Crippen molar-refractivity contribution in [2.24, 2.45) is 0 Å². The minimum absolute atomic E-state index is 0.0531. The Labute approximate surface area is 168 Å². The molecule has 2 aliphatic rings. The number of carbonyl (C=O) groups excluding carboxylic acids is 1. The van der Waals surface area contributed by atoms with Crippen molar-refractivity contribution in [2.45, 2.75) is 6.17 Å². The number of benzene rings is 3. The van der Waals surface area contributed by atoms with Crippen LogP contribution in [0.25, 0.3) is 0 Å². The van der Waals surface area contributed by atoms with E-state index >= 15 is 0 Å². The number of ether oxygens (including phenoxy) is 3. The minimum Gasteiger partial charge on any atom is -0.497 e. The van der Waals surface area contributed by atoms with Crippen LogP contribution in [0.1, 0.15) is 22.1 Å². The standard InChI is InChI=1S/C23H20N2O4/c1-27-16-12-10-15(11-13-16)25-22-18-7-5-9-20(28-2)21(18)29-14-24(22)19-8-4-3-6-17(19)23(25)26/h3-13,22H,14H2,1-2H3. The third kappa shape index (κ3) is 2.60. The van der Waals surface area contributed by atoms with Gasteiger partial charge in [-0.1, -0.05) is 24.3 Å². The van der Waals surface area contributed by atoms with Gasteiger partial charge < -0.3 is 19.1 Å². The monoisotopic (exact) mass is 388 g/mol. The molecule has 3 aromatic rings. The third-order valence-corrected chi connectivity index (χ3v) is 5.41. The Morgan fingerprint density at radius 1 is 0.931 bits per heavy atom. The summed E-state index contributed by atoms with van der Waals surface area (Å²) in [6, 6.07) is 20.9. The van der Waals surface area contributed by atoms with Crippen molar-refractivity contribution in [1.82, 2.24) is 0 Å². The summed E-state index contributed by atoms with van der Waals surface area (Å²) >= 11 is 0. The first-order chi connectivity index (χ1) is 14.2. The maximum absolute atomic E-state index is 13.6. The van der Waals surface area contributed by atoms with Crippen molar-refractivity contribution in [3.63, 3.8) is 0 Å². The van der Waals surface area contributed by atoms with Crippen LogP contribution in [0.15, 0.2) is 66.7 Å². The zero-order valence-electron chi connectivity index (χ0n) is 16.2. The summed E-state index contributed by atoms with van der Waals surface area (Å²) in [6.07, 6.45) is -0.343. The molecule has 0 saturated heterocycles.